The van der Waals surface area contributed by atoms with Crippen LogP contribution in [0.4, 0.5) is 10.2 Å². The molecule has 4 aromatic carbocycles. The summed E-state index contributed by atoms with van der Waals surface area (Å²) < 4.78 is 51.8. The smallest absolute Gasteiger partial charge is 0.259 e. The Bertz CT molecular complexity index is 2370. The van der Waals surface area contributed by atoms with Crippen LogP contribution in [0.25, 0.3) is 11.0 Å². The van der Waals surface area contributed by atoms with Crippen LogP contribution in [0.15, 0.2) is 122 Å². The van der Waals surface area contributed by atoms with Crippen molar-refractivity contribution in [2.24, 2.45) is 0 Å². The summed E-state index contributed by atoms with van der Waals surface area (Å²) in [5.74, 6) is 1.78. The minimum Gasteiger partial charge on any atom is -0.497 e. The van der Waals surface area contributed by atoms with Crippen LogP contribution in [-0.4, -0.2) is 74.5 Å². The molecule has 0 N–H and O–H groups in total. The fraction of sp³-hybridized carbons (Fsp3) is 0.354. The van der Waals surface area contributed by atoms with Crippen LogP contribution in [0.3, 0.4) is 0 Å². The lowest BCUT2D eigenvalue weighted by Gasteiger charge is -2.40. The molecule has 1 unspecified atom stereocenters. The molecular weight excluding hydrogens is 776 g/mol. The average molecular weight is 829 g/mol. The molecule has 10 nitrogen and oxygen atoms in total. The second-order valence-corrected chi connectivity index (χ2v) is 21.8. The summed E-state index contributed by atoms with van der Waals surface area (Å²) in [5, 5.41) is 0.510. The van der Waals surface area contributed by atoms with E-state index in [0.29, 0.717) is 47.9 Å². The van der Waals surface area contributed by atoms with Gasteiger partial charge in [-0.05, 0) is 89.6 Å². The molecule has 0 saturated carbocycles. The maximum Gasteiger partial charge on any atom is 0.259 e. The van der Waals surface area contributed by atoms with Gasteiger partial charge in [-0.15, -0.1) is 0 Å². The third kappa shape index (κ3) is 7.50. The fourth-order valence-electron chi connectivity index (χ4n) is 8.19. The monoisotopic (exact) mass is 828 g/mol. The SMILES string of the molecule is COc1ccc(C(OC[C@H]2O[C@@H](n3cc4c5c(ncnc53)N(C(=O)c3ccccc3)CCC4)C(F)[C@H]2O[Si](C)(C)C(C)(C)C)(c2ccccc2)c2ccc(OC)cc2)cc1. The third-order valence-electron chi connectivity index (χ3n) is 12.4. The molecule has 6 aromatic rings. The molecule has 1 fully saturated rings. The van der Waals surface area contributed by atoms with Crippen LogP contribution < -0.4 is 14.4 Å². The van der Waals surface area contributed by atoms with Crippen LogP contribution in [0.1, 0.15) is 66.0 Å². The summed E-state index contributed by atoms with van der Waals surface area (Å²) in [6.45, 7) is 11.2. The molecule has 2 aromatic heterocycles. The Kier molecular flexibility index (Phi) is 11.4. The minimum absolute atomic E-state index is 0.0190. The summed E-state index contributed by atoms with van der Waals surface area (Å²) in [7, 11) is 0.707. The van der Waals surface area contributed by atoms with Crippen molar-refractivity contribution in [1.82, 2.24) is 14.5 Å². The Morgan fingerprint density at radius 2 is 1.42 bits per heavy atom. The number of benzene rings is 4. The van der Waals surface area contributed by atoms with E-state index in [1.807, 2.05) is 103 Å². The van der Waals surface area contributed by atoms with Crippen molar-refractivity contribution >= 4 is 31.1 Å². The van der Waals surface area contributed by atoms with Crippen LogP contribution in [0, 0.1) is 0 Å². The standard InChI is InChI=1S/C48H53FN4O6Si/c1-47(2,3)60(6,7)59-42-39(30-57-48(34-18-12-9-13-19-34,35-20-24-37(55-4)25-21-35)36-22-26-38(56-5)27-23-36)58-46(41(42)49)53-29-33-17-14-28-52(43-40(33)44(53)51-31-50-43)45(54)32-15-10-8-11-16-32/h8-13,15-16,18-27,29,31,39,41-42,46H,14,17,28,30H2,1-7H3/t39-,41?,42+,46-/m1/s1. The topological polar surface area (TPSA) is 97.2 Å². The molecule has 0 bridgehead atoms. The number of aryl methyl sites for hydroxylation is 1. The number of hydrogen-bond acceptors (Lipinski definition) is 8. The van der Waals surface area contributed by atoms with Gasteiger partial charge in [-0.2, -0.15) is 0 Å². The summed E-state index contributed by atoms with van der Waals surface area (Å²) in [6.07, 6.45) is 0.236. The van der Waals surface area contributed by atoms with E-state index in [0.717, 1.165) is 27.6 Å². The number of amides is 1. The molecule has 4 atom stereocenters. The maximum absolute atomic E-state index is 17.7. The molecule has 0 spiro atoms. The predicted molar refractivity (Wildman–Crippen MR) is 233 cm³/mol. The highest BCUT2D eigenvalue weighted by Crippen LogP contribution is 2.47. The molecule has 1 saturated heterocycles. The maximum atomic E-state index is 17.7. The van der Waals surface area contributed by atoms with E-state index in [1.54, 1.807) is 35.8 Å². The van der Waals surface area contributed by atoms with Crippen molar-refractivity contribution in [1.29, 1.82) is 0 Å². The molecule has 4 heterocycles. The van der Waals surface area contributed by atoms with Gasteiger partial charge in [-0.25, -0.2) is 14.4 Å². The highest BCUT2D eigenvalue weighted by Gasteiger charge is 2.53. The zero-order valence-corrected chi connectivity index (χ0v) is 36.3. The highest BCUT2D eigenvalue weighted by molar-refractivity contribution is 6.74. The van der Waals surface area contributed by atoms with Gasteiger partial charge < -0.3 is 27.9 Å². The first-order chi connectivity index (χ1) is 28.9. The molecule has 312 valence electrons. The van der Waals surface area contributed by atoms with Crippen molar-refractivity contribution in [2.75, 3.05) is 32.3 Å². The number of carbonyl (C=O) groups is 1. The normalized spacial score (nSPS) is 19.6. The Morgan fingerprint density at radius 1 is 0.833 bits per heavy atom. The number of rotatable bonds is 12. The molecular formula is C48H53FN4O6Si. The number of alkyl halides is 1. The first-order valence-corrected chi connectivity index (χ1v) is 23.4. The zero-order valence-electron chi connectivity index (χ0n) is 35.3. The van der Waals surface area contributed by atoms with E-state index >= 15 is 4.39 Å². The lowest BCUT2D eigenvalue weighted by Crippen LogP contribution is -2.49. The number of halogens is 1. The largest absolute Gasteiger partial charge is 0.497 e. The van der Waals surface area contributed by atoms with Crippen LogP contribution in [0.2, 0.25) is 18.1 Å². The lowest BCUT2D eigenvalue weighted by molar-refractivity contribution is -0.0920. The molecule has 0 radical (unpaired) electrons. The molecule has 12 heteroatoms. The summed E-state index contributed by atoms with van der Waals surface area (Å²) in [4.78, 5) is 24.9. The van der Waals surface area contributed by atoms with Gasteiger partial charge in [-0.3, -0.25) is 9.69 Å². The summed E-state index contributed by atoms with van der Waals surface area (Å²) in [6, 6.07) is 34.8. The number of ether oxygens (including phenoxy) is 4. The average Bonchev–Trinajstić information content (AvgIpc) is 3.71. The molecule has 0 aliphatic carbocycles. The van der Waals surface area contributed by atoms with Gasteiger partial charge in [0.05, 0.1) is 26.2 Å². The Hall–Kier alpha value is -5.40. The number of carbonyl (C=O) groups excluding carboxylic acids is 1. The molecule has 2 aliphatic rings. The Balaban J connectivity index is 1.21. The predicted octanol–water partition coefficient (Wildman–Crippen LogP) is 9.68. The summed E-state index contributed by atoms with van der Waals surface area (Å²) >= 11 is 0. The fourth-order valence-corrected chi connectivity index (χ4v) is 9.51. The second-order valence-electron chi connectivity index (χ2n) is 17.1. The van der Waals surface area contributed by atoms with Gasteiger partial charge in [0.15, 0.2) is 20.7 Å². The van der Waals surface area contributed by atoms with Crippen molar-refractivity contribution in [3.63, 3.8) is 0 Å². The van der Waals surface area contributed by atoms with Gasteiger partial charge in [0.25, 0.3) is 5.91 Å². The number of aromatic nitrogens is 3. The van der Waals surface area contributed by atoms with E-state index in [-0.39, 0.29) is 17.6 Å². The van der Waals surface area contributed by atoms with E-state index in [9.17, 15) is 4.79 Å². The second kappa shape index (κ2) is 16.6. The van der Waals surface area contributed by atoms with Crippen molar-refractivity contribution in [3.8, 4) is 11.5 Å². The van der Waals surface area contributed by atoms with Gasteiger partial charge >= 0.3 is 0 Å². The quantitative estimate of drug-likeness (QED) is 0.0889. The van der Waals surface area contributed by atoms with E-state index < -0.39 is 38.5 Å². The van der Waals surface area contributed by atoms with Crippen LogP contribution in [-0.2, 0) is 25.9 Å². The van der Waals surface area contributed by atoms with Gasteiger partial charge in [-0.1, -0.05) is 93.6 Å². The first kappa shape index (κ1) is 41.3. The number of anilines is 1. The van der Waals surface area contributed by atoms with Crippen LogP contribution in [0.5, 0.6) is 11.5 Å². The minimum atomic E-state index is -2.57. The molecule has 2 aliphatic heterocycles. The Labute approximate surface area is 352 Å². The van der Waals surface area contributed by atoms with Gasteiger partial charge in [0.1, 0.15) is 47.1 Å². The van der Waals surface area contributed by atoms with E-state index in [4.69, 9.17) is 28.4 Å². The molecule has 8 rings (SSSR count). The molecule has 60 heavy (non-hydrogen) atoms. The highest BCUT2D eigenvalue weighted by atomic mass is 28.4. The lowest BCUT2D eigenvalue weighted by atomic mass is 9.80. The number of hydrogen-bond donors (Lipinski definition) is 0. The number of methoxy groups -OCH3 is 2. The zero-order chi connectivity index (χ0) is 42.2. The summed E-state index contributed by atoms with van der Waals surface area (Å²) in [5.41, 5.74) is 3.42. The van der Waals surface area contributed by atoms with Gasteiger partial charge in [0, 0.05) is 18.3 Å². The molecule has 1 amide bonds. The van der Waals surface area contributed by atoms with E-state index in [2.05, 4.69) is 38.8 Å². The first-order valence-electron chi connectivity index (χ1n) is 20.5. The van der Waals surface area contributed by atoms with Crippen molar-refractivity contribution in [3.05, 3.63) is 150 Å². The van der Waals surface area contributed by atoms with Crippen molar-refractivity contribution < 1.29 is 32.6 Å². The number of nitrogens with zero attached hydrogens (tertiary/aromatic N) is 4. The van der Waals surface area contributed by atoms with Gasteiger partial charge in [0.2, 0.25) is 0 Å². The Morgan fingerprint density at radius 3 is 2.00 bits per heavy atom. The van der Waals surface area contributed by atoms with Crippen molar-refractivity contribution in [2.45, 2.75) is 82.0 Å². The van der Waals surface area contributed by atoms with E-state index in [1.165, 1.54) is 6.33 Å². The third-order valence-corrected chi connectivity index (χ3v) is 16.9. The van der Waals surface area contributed by atoms with Crippen LogP contribution >= 0.6 is 0 Å².